The molecule has 0 saturated carbocycles. The van der Waals surface area contributed by atoms with E-state index in [1.807, 2.05) is 6.07 Å². The van der Waals surface area contributed by atoms with Crippen molar-refractivity contribution in [2.45, 2.75) is 30.2 Å². The highest BCUT2D eigenvalue weighted by Crippen LogP contribution is 2.39. The van der Waals surface area contributed by atoms with E-state index >= 15 is 0 Å². The van der Waals surface area contributed by atoms with Crippen molar-refractivity contribution in [3.63, 3.8) is 0 Å². The van der Waals surface area contributed by atoms with Crippen LogP contribution in [-0.2, 0) is 11.2 Å². The summed E-state index contributed by atoms with van der Waals surface area (Å²) in [6.07, 6.45) is 2.05. The highest BCUT2D eigenvalue weighted by atomic mass is 35.5. The number of nitrogens with zero attached hydrogens (tertiary/aromatic N) is 1. The number of hydrogen-bond acceptors (Lipinski definition) is 4. The van der Waals surface area contributed by atoms with E-state index in [1.54, 1.807) is 40.9 Å². The maximum absolute atomic E-state index is 13.8. The van der Waals surface area contributed by atoms with Crippen LogP contribution in [0.15, 0.2) is 42.5 Å². The lowest BCUT2D eigenvalue weighted by Gasteiger charge is -2.39. The summed E-state index contributed by atoms with van der Waals surface area (Å²) >= 11 is 13.8. The predicted molar refractivity (Wildman–Crippen MR) is 132 cm³/mol. The average molecular weight is 511 g/mol. The molecular formula is C23H25Cl2FN4O2S. The maximum atomic E-state index is 13.8. The van der Waals surface area contributed by atoms with E-state index in [2.05, 4.69) is 16.0 Å². The number of urea groups is 1. The maximum Gasteiger partial charge on any atom is 0.321 e. The second-order valence-corrected chi connectivity index (χ2v) is 10.4. The van der Waals surface area contributed by atoms with E-state index in [0.29, 0.717) is 54.7 Å². The molecule has 4 rings (SSSR count). The molecule has 1 spiro atoms. The molecule has 2 aliphatic heterocycles. The van der Waals surface area contributed by atoms with Crippen molar-refractivity contribution in [1.82, 2.24) is 15.5 Å². The predicted octanol–water partition coefficient (Wildman–Crippen LogP) is 4.52. The van der Waals surface area contributed by atoms with Crippen LogP contribution in [0, 0.1) is 5.82 Å². The Morgan fingerprint density at radius 2 is 1.94 bits per heavy atom. The summed E-state index contributed by atoms with van der Waals surface area (Å²) in [6, 6.07) is 10.9. The first kappa shape index (κ1) is 24.1. The molecule has 33 heavy (non-hydrogen) atoms. The zero-order valence-corrected chi connectivity index (χ0v) is 20.2. The van der Waals surface area contributed by atoms with Crippen molar-refractivity contribution in [2.75, 3.05) is 30.7 Å². The van der Waals surface area contributed by atoms with Crippen molar-refractivity contribution in [2.24, 2.45) is 0 Å². The Kier molecular flexibility index (Phi) is 7.69. The Balaban J connectivity index is 1.22. The molecule has 2 saturated heterocycles. The molecule has 0 radical (unpaired) electrons. The number of halogens is 3. The van der Waals surface area contributed by atoms with Gasteiger partial charge in [0.05, 0.1) is 16.6 Å². The van der Waals surface area contributed by atoms with Gasteiger partial charge >= 0.3 is 6.03 Å². The molecule has 6 nitrogen and oxygen atoms in total. The van der Waals surface area contributed by atoms with Gasteiger partial charge in [0.15, 0.2) is 0 Å². The van der Waals surface area contributed by atoms with E-state index in [0.717, 1.165) is 5.56 Å². The standard InChI is InChI=1S/C23H25Cl2FN4O2S/c24-16-6-5-15(17(25)13-16)7-10-27-21(31)20-14-33-23(29-20)8-11-30(12-9-23)22(32)28-19-4-2-1-3-18(19)26/h1-6,13,20,29H,7-12,14H2,(H,27,31)(H,28,32)/t20-/m0/s1. The molecule has 0 aliphatic carbocycles. The van der Waals surface area contributed by atoms with Crippen LogP contribution < -0.4 is 16.0 Å². The summed E-state index contributed by atoms with van der Waals surface area (Å²) in [5.41, 5.74) is 1.11. The van der Waals surface area contributed by atoms with Gasteiger partial charge in [0.1, 0.15) is 5.82 Å². The minimum atomic E-state index is -0.459. The van der Waals surface area contributed by atoms with Crippen LogP contribution in [-0.4, -0.2) is 53.1 Å². The van der Waals surface area contributed by atoms with Crippen molar-refractivity contribution in [3.05, 3.63) is 63.9 Å². The number of thioether (sulfide) groups is 1. The van der Waals surface area contributed by atoms with E-state index in [9.17, 15) is 14.0 Å². The number of amides is 3. The minimum Gasteiger partial charge on any atom is -0.354 e. The van der Waals surface area contributed by atoms with Crippen LogP contribution in [0.3, 0.4) is 0 Å². The molecule has 2 aliphatic rings. The topological polar surface area (TPSA) is 73.5 Å². The van der Waals surface area contributed by atoms with Gasteiger partial charge in [0.2, 0.25) is 5.91 Å². The number of likely N-dealkylation sites (tertiary alicyclic amines) is 1. The van der Waals surface area contributed by atoms with Gasteiger partial charge in [0, 0.05) is 35.4 Å². The van der Waals surface area contributed by atoms with Gasteiger partial charge in [0.25, 0.3) is 0 Å². The normalized spacial score (nSPS) is 19.5. The average Bonchev–Trinajstić information content (AvgIpc) is 3.21. The van der Waals surface area contributed by atoms with Crippen LogP contribution in [0.1, 0.15) is 18.4 Å². The highest BCUT2D eigenvalue weighted by Gasteiger charge is 2.44. The van der Waals surface area contributed by atoms with E-state index in [1.165, 1.54) is 12.1 Å². The molecule has 0 aromatic heterocycles. The van der Waals surface area contributed by atoms with Gasteiger partial charge in [-0.05, 0) is 49.1 Å². The number of carbonyl (C=O) groups excluding carboxylic acids is 2. The third-order valence-electron chi connectivity index (χ3n) is 5.96. The summed E-state index contributed by atoms with van der Waals surface area (Å²) in [7, 11) is 0. The Morgan fingerprint density at radius 3 is 2.67 bits per heavy atom. The van der Waals surface area contributed by atoms with Gasteiger partial charge in [-0.25, -0.2) is 9.18 Å². The minimum absolute atomic E-state index is 0.0378. The molecule has 2 aromatic rings. The second kappa shape index (κ2) is 10.5. The zero-order chi connectivity index (χ0) is 23.4. The number of hydrogen-bond donors (Lipinski definition) is 3. The molecular weight excluding hydrogens is 486 g/mol. The van der Waals surface area contributed by atoms with E-state index in [-0.39, 0.29) is 28.5 Å². The molecule has 176 valence electrons. The summed E-state index contributed by atoms with van der Waals surface area (Å²) in [4.78, 5) is 26.6. The summed E-state index contributed by atoms with van der Waals surface area (Å²) in [5, 5.41) is 10.3. The van der Waals surface area contributed by atoms with Crippen molar-refractivity contribution in [3.8, 4) is 0 Å². The van der Waals surface area contributed by atoms with Crippen LogP contribution in [0.2, 0.25) is 10.0 Å². The Bertz CT molecular complexity index is 1030. The summed E-state index contributed by atoms with van der Waals surface area (Å²) in [5.74, 6) is 0.179. The number of piperidine rings is 1. The van der Waals surface area contributed by atoms with Crippen LogP contribution >= 0.6 is 35.0 Å². The van der Waals surface area contributed by atoms with Gasteiger partial charge in [-0.1, -0.05) is 41.4 Å². The van der Waals surface area contributed by atoms with Gasteiger partial charge in [-0.3, -0.25) is 10.1 Å². The molecule has 2 heterocycles. The molecule has 2 aromatic carbocycles. The first-order valence-electron chi connectivity index (χ1n) is 10.8. The Hall–Kier alpha value is -2.00. The third-order valence-corrected chi connectivity index (χ3v) is 8.13. The zero-order valence-electron chi connectivity index (χ0n) is 17.9. The summed E-state index contributed by atoms with van der Waals surface area (Å²) in [6.45, 7) is 1.55. The number of para-hydroxylation sites is 1. The number of rotatable bonds is 5. The number of carbonyl (C=O) groups is 2. The van der Waals surface area contributed by atoms with Crippen LogP contribution in [0.5, 0.6) is 0 Å². The lowest BCUT2D eigenvalue weighted by molar-refractivity contribution is -0.122. The third kappa shape index (κ3) is 5.93. The fourth-order valence-electron chi connectivity index (χ4n) is 4.07. The monoisotopic (exact) mass is 510 g/mol. The smallest absolute Gasteiger partial charge is 0.321 e. The van der Waals surface area contributed by atoms with Gasteiger partial charge < -0.3 is 15.5 Å². The molecule has 0 bridgehead atoms. The van der Waals surface area contributed by atoms with Crippen LogP contribution in [0.4, 0.5) is 14.9 Å². The van der Waals surface area contributed by atoms with Crippen molar-refractivity contribution >= 4 is 52.6 Å². The molecule has 0 unspecified atom stereocenters. The van der Waals surface area contributed by atoms with Crippen molar-refractivity contribution < 1.29 is 14.0 Å². The number of anilines is 1. The number of nitrogens with one attached hydrogen (secondary N) is 3. The molecule has 3 amide bonds. The fraction of sp³-hybridized carbons (Fsp3) is 0.391. The molecule has 2 fully saturated rings. The van der Waals surface area contributed by atoms with E-state index in [4.69, 9.17) is 23.2 Å². The molecule has 1 atom stereocenters. The molecule has 3 N–H and O–H groups in total. The lowest BCUT2D eigenvalue weighted by Crippen LogP contribution is -2.55. The van der Waals surface area contributed by atoms with E-state index < -0.39 is 5.82 Å². The fourth-order valence-corrected chi connectivity index (χ4v) is 5.99. The first-order valence-corrected chi connectivity index (χ1v) is 12.5. The Morgan fingerprint density at radius 1 is 1.18 bits per heavy atom. The van der Waals surface area contributed by atoms with Crippen LogP contribution in [0.25, 0.3) is 0 Å². The van der Waals surface area contributed by atoms with Gasteiger partial charge in [-0.2, -0.15) is 0 Å². The largest absolute Gasteiger partial charge is 0.354 e. The van der Waals surface area contributed by atoms with Crippen molar-refractivity contribution in [1.29, 1.82) is 0 Å². The SMILES string of the molecule is O=C(NCCc1ccc(Cl)cc1Cl)[C@@H]1CSC2(CCN(C(=O)Nc3ccccc3F)CC2)N1. The van der Waals surface area contributed by atoms with Gasteiger partial charge in [-0.15, -0.1) is 11.8 Å². The quantitative estimate of drug-likeness (QED) is 0.552. The molecule has 10 heteroatoms. The Labute approximate surface area is 206 Å². The summed E-state index contributed by atoms with van der Waals surface area (Å²) < 4.78 is 13.8. The number of benzene rings is 2. The second-order valence-electron chi connectivity index (χ2n) is 8.18. The lowest BCUT2D eigenvalue weighted by atomic mass is 10.0. The first-order chi connectivity index (χ1) is 15.8. The highest BCUT2D eigenvalue weighted by molar-refractivity contribution is 8.01.